The fourth-order valence-electron chi connectivity index (χ4n) is 3.04. The maximum absolute atomic E-state index is 11.9. The molecule has 0 radical (unpaired) electrons. The Balaban J connectivity index is 1.94. The lowest BCUT2D eigenvalue weighted by atomic mass is 10.0. The number of alkyl carbamates (subject to hydrolysis) is 1. The Morgan fingerprint density at radius 1 is 1.48 bits per heavy atom. The lowest BCUT2D eigenvalue weighted by molar-refractivity contribution is 0.0504. The van der Waals surface area contributed by atoms with Gasteiger partial charge in [0.1, 0.15) is 5.60 Å². The zero-order valence-electron chi connectivity index (χ0n) is 14.6. The van der Waals surface area contributed by atoms with Gasteiger partial charge in [-0.25, -0.2) is 4.79 Å². The van der Waals surface area contributed by atoms with Gasteiger partial charge in [0.25, 0.3) is 0 Å². The van der Waals surface area contributed by atoms with E-state index in [9.17, 15) is 4.79 Å². The molecule has 2 rings (SSSR count). The monoisotopic (exact) mass is 319 g/mol. The molecule has 1 aromatic carbocycles. The summed E-state index contributed by atoms with van der Waals surface area (Å²) in [4.78, 5) is 14.2. The average molecular weight is 319 g/mol. The highest BCUT2D eigenvalue weighted by atomic mass is 16.6. The van der Waals surface area contributed by atoms with E-state index in [2.05, 4.69) is 41.4 Å². The van der Waals surface area contributed by atoms with Crippen LogP contribution >= 0.6 is 0 Å². The third kappa shape index (κ3) is 5.22. The van der Waals surface area contributed by atoms with Crippen LogP contribution in [-0.4, -0.2) is 42.3 Å². The van der Waals surface area contributed by atoms with Gasteiger partial charge in [-0.15, -0.1) is 0 Å². The van der Waals surface area contributed by atoms with Crippen LogP contribution in [0.2, 0.25) is 0 Å². The van der Waals surface area contributed by atoms with Crippen LogP contribution in [0.1, 0.15) is 44.4 Å². The van der Waals surface area contributed by atoms with Gasteiger partial charge in [-0.1, -0.05) is 29.8 Å². The predicted octanol–water partition coefficient (Wildman–Crippen LogP) is 2.59. The molecule has 1 aliphatic heterocycles. The van der Waals surface area contributed by atoms with Gasteiger partial charge in [0.05, 0.1) is 0 Å². The summed E-state index contributed by atoms with van der Waals surface area (Å²) >= 11 is 0. The van der Waals surface area contributed by atoms with Gasteiger partial charge in [0.2, 0.25) is 0 Å². The molecule has 0 bridgehead atoms. The second-order valence-electron chi connectivity index (χ2n) is 7.29. The van der Waals surface area contributed by atoms with E-state index in [1.54, 1.807) is 0 Å². The van der Waals surface area contributed by atoms with Crippen molar-refractivity contribution in [3.63, 3.8) is 0 Å². The fourth-order valence-corrected chi connectivity index (χ4v) is 3.04. The number of nitrogens with zero attached hydrogens (tertiary/aromatic N) is 1. The Hall–Kier alpha value is -1.59. The van der Waals surface area contributed by atoms with E-state index in [1.807, 2.05) is 20.8 Å². The Morgan fingerprint density at radius 3 is 2.83 bits per heavy atom. The first-order valence-electron chi connectivity index (χ1n) is 8.28. The SMILES string of the molecule is Cc1cccc([C@H](CN)N2CC[C@H](NC(=O)OC(C)(C)C)C2)c1. The van der Waals surface area contributed by atoms with Gasteiger partial charge in [-0.3, -0.25) is 4.90 Å². The molecular weight excluding hydrogens is 290 g/mol. The minimum atomic E-state index is -0.469. The summed E-state index contributed by atoms with van der Waals surface area (Å²) in [6.07, 6.45) is 0.575. The number of likely N-dealkylation sites (tertiary alicyclic amines) is 1. The topological polar surface area (TPSA) is 67.6 Å². The van der Waals surface area contributed by atoms with Gasteiger partial charge < -0.3 is 15.8 Å². The van der Waals surface area contributed by atoms with Gasteiger partial charge >= 0.3 is 6.09 Å². The van der Waals surface area contributed by atoms with Crippen molar-refractivity contribution in [2.45, 2.75) is 51.8 Å². The molecule has 0 aromatic heterocycles. The Labute approximate surface area is 139 Å². The highest BCUT2D eigenvalue weighted by molar-refractivity contribution is 5.68. The molecule has 0 unspecified atom stereocenters. The summed E-state index contributed by atoms with van der Waals surface area (Å²) in [5.41, 5.74) is 8.02. The molecule has 5 nitrogen and oxygen atoms in total. The maximum Gasteiger partial charge on any atom is 0.407 e. The van der Waals surface area contributed by atoms with Crippen molar-refractivity contribution < 1.29 is 9.53 Å². The molecule has 1 fully saturated rings. The van der Waals surface area contributed by atoms with Crippen LogP contribution in [0.15, 0.2) is 24.3 Å². The molecule has 1 heterocycles. The summed E-state index contributed by atoms with van der Waals surface area (Å²) in [7, 11) is 0. The molecular formula is C18H29N3O2. The number of aryl methyl sites for hydroxylation is 1. The average Bonchev–Trinajstić information content (AvgIpc) is 2.85. The van der Waals surface area contributed by atoms with Crippen LogP contribution in [0.4, 0.5) is 4.79 Å². The van der Waals surface area contributed by atoms with Crippen molar-refractivity contribution in [2.24, 2.45) is 5.73 Å². The Morgan fingerprint density at radius 2 is 2.22 bits per heavy atom. The number of benzene rings is 1. The van der Waals surface area contributed by atoms with Gasteiger partial charge in [0, 0.05) is 31.7 Å². The van der Waals surface area contributed by atoms with Gasteiger partial charge in [-0.2, -0.15) is 0 Å². The lowest BCUT2D eigenvalue weighted by Gasteiger charge is -2.27. The van der Waals surface area contributed by atoms with Crippen LogP contribution in [0.5, 0.6) is 0 Å². The van der Waals surface area contributed by atoms with Crippen molar-refractivity contribution in [2.75, 3.05) is 19.6 Å². The molecule has 0 spiro atoms. The van der Waals surface area contributed by atoms with Crippen molar-refractivity contribution in [1.82, 2.24) is 10.2 Å². The Kier molecular flexibility index (Phi) is 5.65. The van der Waals surface area contributed by atoms with Crippen molar-refractivity contribution in [1.29, 1.82) is 0 Å². The molecule has 3 N–H and O–H groups in total. The van der Waals surface area contributed by atoms with Gasteiger partial charge in [-0.05, 0) is 39.7 Å². The van der Waals surface area contributed by atoms with E-state index in [1.165, 1.54) is 11.1 Å². The van der Waals surface area contributed by atoms with Crippen LogP contribution in [0.25, 0.3) is 0 Å². The second-order valence-corrected chi connectivity index (χ2v) is 7.29. The molecule has 23 heavy (non-hydrogen) atoms. The number of carbonyl (C=O) groups excluding carboxylic acids is 1. The minimum Gasteiger partial charge on any atom is -0.444 e. The normalized spacial score (nSPS) is 20.3. The summed E-state index contributed by atoms with van der Waals surface area (Å²) in [6.45, 7) is 10.0. The number of nitrogens with two attached hydrogens (primary N) is 1. The molecule has 128 valence electrons. The molecule has 1 aliphatic rings. The lowest BCUT2D eigenvalue weighted by Crippen LogP contribution is -2.41. The smallest absolute Gasteiger partial charge is 0.407 e. The zero-order chi connectivity index (χ0) is 17.0. The number of carbonyl (C=O) groups is 1. The fraction of sp³-hybridized carbons (Fsp3) is 0.611. The van der Waals surface area contributed by atoms with E-state index in [-0.39, 0.29) is 18.2 Å². The first kappa shape index (κ1) is 17.8. The first-order chi connectivity index (χ1) is 10.8. The third-order valence-electron chi connectivity index (χ3n) is 4.03. The summed E-state index contributed by atoms with van der Waals surface area (Å²) < 4.78 is 5.33. The van der Waals surface area contributed by atoms with Gasteiger partial charge in [0.15, 0.2) is 0 Å². The molecule has 1 amide bonds. The van der Waals surface area contributed by atoms with Crippen LogP contribution in [-0.2, 0) is 4.74 Å². The summed E-state index contributed by atoms with van der Waals surface area (Å²) in [5, 5.41) is 2.96. The van der Waals surface area contributed by atoms with E-state index in [4.69, 9.17) is 10.5 Å². The standard InChI is InChI=1S/C18H29N3O2/c1-13-6-5-7-14(10-13)16(11-19)21-9-8-15(12-21)20-17(22)23-18(2,3)4/h5-7,10,15-16H,8-9,11-12,19H2,1-4H3,(H,20,22)/t15-,16-/m0/s1. The van der Waals surface area contributed by atoms with Crippen molar-refractivity contribution in [3.05, 3.63) is 35.4 Å². The van der Waals surface area contributed by atoms with E-state index < -0.39 is 5.60 Å². The molecule has 0 aliphatic carbocycles. The molecule has 1 aromatic rings. The minimum absolute atomic E-state index is 0.115. The molecule has 0 saturated carbocycles. The Bertz CT molecular complexity index is 539. The van der Waals surface area contributed by atoms with Crippen LogP contribution < -0.4 is 11.1 Å². The zero-order valence-corrected chi connectivity index (χ0v) is 14.6. The molecule has 2 atom stereocenters. The quantitative estimate of drug-likeness (QED) is 0.895. The number of amides is 1. The van der Waals surface area contributed by atoms with E-state index in [0.717, 1.165) is 19.5 Å². The third-order valence-corrected chi connectivity index (χ3v) is 4.03. The van der Waals surface area contributed by atoms with E-state index in [0.29, 0.717) is 6.54 Å². The van der Waals surface area contributed by atoms with Crippen molar-refractivity contribution in [3.8, 4) is 0 Å². The summed E-state index contributed by atoms with van der Waals surface area (Å²) in [6, 6.07) is 8.78. The van der Waals surface area contributed by atoms with Crippen molar-refractivity contribution >= 4 is 6.09 Å². The largest absolute Gasteiger partial charge is 0.444 e. The number of rotatable bonds is 4. The number of hydrogen-bond donors (Lipinski definition) is 2. The molecule has 5 heteroatoms. The number of hydrogen-bond acceptors (Lipinski definition) is 4. The highest BCUT2D eigenvalue weighted by Crippen LogP contribution is 2.25. The number of ether oxygens (including phenoxy) is 1. The maximum atomic E-state index is 11.9. The second kappa shape index (κ2) is 7.32. The van der Waals surface area contributed by atoms with Crippen LogP contribution in [0, 0.1) is 6.92 Å². The highest BCUT2D eigenvalue weighted by Gasteiger charge is 2.30. The van der Waals surface area contributed by atoms with E-state index >= 15 is 0 Å². The van der Waals surface area contributed by atoms with Crippen LogP contribution in [0.3, 0.4) is 0 Å². The first-order valence-corrected chi connectivity index (χ1v) is 8.28. The predicted molar refractivity (Wildman–Crippen MR) is 92.3 cm³/mol. The number of nitrogens with one attached hydrogen (secondary N) is 1. The molecule has 1 saturated heterocycles. The summed E-state index contributed by atoms with van der Waals surface area (Å²) in [5.74, 6) is 0.